The summed E-state index contributed by atoms with van der Waals surface area (Å²) in [5.74, 6) is 0.829. The molecule has 4 heteroatoms. The van der Waals surface area contributed by atoms with Crippen molar-refractivity contribution in [3.8, 4) is 5.75 Å². The Kier molecular flexibility index (Phi) is 5.39. The van der Waals surface area contributed by atoms with Crippen LogP contribution in [0.3, 0.4) is 0 Å². The highest BCUT2D eigenvalue weighted by Crippen LogP contribution is 2.13. The number of rotatable bonds is 5. The van der Waals surface area contributed by atoms with Crippen LogP contribution in [0.15, 0.2) is 53.0 Å². The fraction of sp³-hybridized carbons (Fsp3) is 0.235. The van der Waals surface area contributed by atoms with Crippen LogP contribution in [-0.4, -0.2) is 31.0 Å². The molecular formula is C17H18BrNO2. The van der Waals surface area contributed by atoms with Gasteiger partial charge in [-0.3, -0.25) is 4.79 Å². The average molecular weight is 348 g/mol. The van der Waals surface area contributed by atoms with Gasteiger partial charge in [0, 0.05) is 17.1 Å². The number of aryl methyl sites for hydroxylation is 1. The maximum Gasteiger partial charge on any atom is 0.253 e. The maximum atomic E-state index is 12.2. The molecule has 2 rings (SSSR count). The lowest BCUT2D eigenvalue weighted by molar-refractivity contribution is 0.0773. The summed E-state index contributed by atoms with van der Waals surface area (Å²) in [5, 5.41) is 0. The second kappa shape index (κ2) is 7.27. The number of likely N-dealkylation sites (N-methyl/N-ethyl adjacent to an activating group) is 1. The summed E-state index contributed by atoms with van der Waals surface area (Å²) in [6.07, 6.45) is 0. The van der Waals surface area contributed by atoms with Gasteiger partial charge in [-0.05, 0) is 48.9 Å². The Morgan fingerprint density at radius 2 is 1.90 bits per heavy atom. The first-order chi connectivity index (χ1) is 10.1. The molecule has 0 saturated carbocycles. The summed E-state index contributed by atoms with van der Waals surface area (Å²) < 4.78 is 6.62. The molecule has 110 valence electrons. The lowest BCUT2D eigenvalue weighted by atomic mass is 10.2. The van der Waals surface area contributed by atoms with Crippen LogP contribution in [0.1, 0.15) is 15.9 Å². The predicted molar refractivity (Wildman–Crippen MR) is 87.8 cm³/mol. The van der Waals surface area contributed by atoms with Gasteiger partial charge in [0.25, 0.3) is 5.91 Å². The van der Waals surface area contributed by atoms with Gasteiger partial charge in [-0.1, -0.05) is 28.1 Å². The minimum Gasteiger partial charge on any atom is -0.492 e. The summed E-state index contributed by atoms with van der Waals surface area (Å²) >= 11 is 3.36. The number of hydrogen-bond acceptors (Lipinski definition) is 2. The molecule has 3 nitrogen and oxygen atoms in total. The number of amides is 1. The number of carbonyl (C=O) groups is 1. The van der Waals surface area contributed by atoms with Crippen LogP contribution >= 0.6 is 15.9 Å². The molecule has 0 aliphatic carbocycles. The van der Waals surface area contributed by atoms with E-state index in [-0.39, 0.29) is 5.91 Å². The summed E-state index contributed by atoms with van der Waals surface area (Å²) in [7, 11) is 1.78. The Labute approximate surface area is 133 Å². The normalized spacial score (nSPS) is 10.2. The van der Waals surface area contributed by atoms with Gasteiger partial charge in [-0.25, -0.2) is 0 Å². The first-order valence-corrected chi connectivity index (χ1v) is 7.56. The molecule has 0 aliphatic rings. The van der Waals surface area contributed by atoms with Gasteiger partial charge in [0.1, 0.15) is 12.4 Å². The van der Waals surface area contributed by atoms with Crippen molar-refractivity contribution in [2.45, 2.75) is 6.92 Å². The van der Waals surface area contributed by atoms with Gasteiger partial charge >= 0.3 is 0 Å². The minimum atomic E-state index is -0.00431. The molecule has 0 bridgehead atoms. The second-order valence-electron chi connectivity index (χ2n) is 4.90. The number of ether oxygens (including phenoxy) is 1. The van der Waals surface area contributed by atoms with Crippen molar-refractivity contribution >= 4 is 21.8 Å². The fourth-order valence-electron chi connectivity index (χ4n) is 1.92. The zero-order valence-corrected chi connectivity index (χ0v) is 13.8. The largest absolute Gasteiger partial charge is 0.492 e. The number of nitrogens with zero attached hydrogens (tertiary/aromatic N) is 1. The van der Waals surface area contributed by atoms with Crippen molar-refractivity contribution < 1.29 is 9.53 Å². The molecule has 0 unspecified atom stereocenters. The Hall–Kier alpha value is -1.81. The third-order valence-electron chi connectivity index (χ3n) is 3.12. The molecule has 0 heterocycles. The van der Waals surface area contributed by atoms with Crippen LogP contribution in [0, 0.1) is 6.92 Å². The molecule has 0 aliphatic heterocycles. The van der Waals surface area contributed by atoms with E-state index in [0.29, 0.717) is 18.7 Å². The van der Waals surface area contributed by atoms with Crippen molar-refractivity contribution in [3.63, 3.8) is 0 Å². The molecule has 2 aromatic carbocycles. The van der Waals surface area contributed by atoms with Crippen LogP contribution in [0.25, 0.3) is 0 Å². The maximum absolute atomic E-state index is 12.2. The zero-order chi connectivity index (χ0) is 15.2. The topological polar surface area (TPSA) is 29.5 Å². The van der Waals surface area contributed by atoms with E-state index >= 15 is 0 Å². The molecule has 0 N–H and O–H groups in total. The number of halogens is 1. The zero-order valence-electron chi connectivity index (χ0n) is 12.2. The predicted octanol–water partition coefficient (Wildman–Crippen LogP) is 3.91. The van der Waals surface area contributed by atoms with E-state index in [2.05, 4.69) is 15.9 Å². The summed E-state index contributed by atoms with van der Waals surface area (Å²) in [5.41, 5.74) is 1.84. The van der Waals surface area contributed by atoms with Crippen molar-refractivity contribution in [1.82, 2.24) is 4.90 Å². The van der Waals surface area contributed by atoms with E-state index in [1.807, 2.05) is 55.5 Å². The fourth-order valence-corrected chi connectivity index (χ4v) is 2.18. The molecule has 1 amide bonds. The number of carbonyl (C=O) groups excluding carboxylic acids is 1. The van der Waals surface area contributed by atoms with Gasteiger partial charge in [0.15, 0.2) is 0 Å². The highest BCUT2D eigenvalue weighted by Gasteiger charge is 2.11. The lowest BCUT2D eigenvalue weighted by Gasteiger charge is -2.17. The molecule has 2 aromatic rings. The average Bonchev–Trinajstić information content (AvgIpc) is 2.47. The van der Waals surface area contributed by atoms with E-state index in [9.17, 15) is 4.79 Å². The van der Waals surface area contributed by atoms with Crippen LogP contribution in [0.5, 0.6) is 5.75 Å². The van der Waals surface area contributed by atoms with E-state index in [1.165, 1.54) is 0 Å². The van der Waals surface area contributed by atoms with Crippen LogP contribution < -0.4 is 4.74 Å². The molecule has 0 fully saturated rings. The molecule has 0 aromatic heterocycles. The summed E-state index contributed by atoms with van der Waals surface area (Å²) in [6, 6.07) is 15.2. The van der Waals surface area contributed by atoms with Crippen molar-refractivity contribution in [2.24, 2.45) is 0 Å². The molecular weight excluding hydrogens is 330 g/mol. The number of benzene rings is 2. The standard InChI is InChI=1S/C17H18BrNO2/c1-13-4-3-5-16(12-13)21-11-10-19(2)17(20)14-6-8-15(18)9-7-14/h3-9,12H,10-11H2,1-2H3. The van der Waals surface area contributed by atoms with Gasteiger partial charge in [0.2, 0.25) is 0 Å². The quantitative estimate of drug-likeness (QED) is 0.820. The van der Waals surface area contributed by atoms with E-state index in [0.717, 1.165) is 15.8 Å². The van der Waals surface area contributed by atoms with Crippen LogP contribution in [0.2, 0.25) is 0 Å². The van der Waals surface area contributed by atoms with Crippen LogP contribution in [0.4, 0.5) is 0 Å². The molecule has 21 heavy (non-hydrogen) atoms. The Bertz CT molecular complexity index is 610. The lowest BCUT2D eigenvalue weighted by Crippen LogP contribution is -2.30. The van der Waals surface area contributed by atoms with Gasteiger partial charge in [-0.2, -0.15) is 0 Å². The monoisotopic (exact) mass is 347 g/mol. The van der Waals surface area contributed by atoms with Gasteiger partial charge in [-0.15, -0.1) is 0 Å². The first kappa shape index (κ1) is 15.6. The summed E-state index contributed by atoms with van der Waals surface area (Å²) in [6.45, 7) is 3.04. The van der Waals surface area contributed by atoms with E-state index in [1.54, 1.807) is 11.9 Å². The van der Waals surface area contributed by atoms with E-state index < -0.39 is 0 Å². The first-order valence-electron chi connectivity index (χ1n) is 6.77. The Balaban J connectivity index is 1.85. The molecule has 0 saturated heterocycles. The third kappa shape index (κ3) is 4.60. The minimum absolute atomic E-state index is 0.00431. The SMILES string of the molecule is Cc1cccc(OCCN(C)C(=O)c2ccc(Br)cc2)c1. The van der Waals surface area contributed by atoms with Gasteiger partial charge < -0.3 is 9.64 Å². The Morgan fingerprint density at radius 1 is 1.19 bits per heavy atom. The number of hydrogen-bond donors (Lipinski definition) is 0. The molecule has 0 radical (unpaired) electrons. The molecule has 0 atom stereocenters. The highest BCUT2D eigenvalue weighted by molar-refractivity contribution is 9.10. The van der Waals surface area contributed by atoms with Gasteiger partial charge in [0.05, 0.1) is 6.54 Å². The third-order valence-corrected chi connectivity index (χ3v) is 3.65. The highest BCUT2D eigenvalue weighted by atomic mass is 79.9. The van der Waals surface area contributed by atoms with Crippen molar-refractivity contribution in [2.75, 3.05) is 20.2 Å². The van der Waals surface area contributed by atoms with Crippen molar-refractivity contribution in [1.29, 1.82) is 0 Å². The van der Waals surface area contributed by atoms with E-state index in [4.69, 9.17) is 4.74 Å². The smallest absolute Gasteiger partial charge is 0.253 e. The molecule has 0 spiro atoms. The Morgan fingerprint density at radius 3 is 2.57 bits per heavy atom. The summed E-state index contributed by atoms with van der Waals surface area (Å²) in [4.78, 5) is 13.9. The second-order valence-corrected chi connectivity index (χ2v) is 5.81. The van der Waals surface area contributed by atoms with Crippen LogP contribution in [-0.2, 0) is 0 Å². The van der Waals surface area contributed by atoms with Crippen molar-refractivity contribution in [3.05, 3.63) is 64.1 Å².